The van der Waals surface area contributed by atoms with Crippen molar-refractivity contribution in [2.24, 2.45) is 0 Å². The standard InChI is InChI=1S/C19H18F3NO3/c1-24-15-4-3-5-16(25-2)17(15)18-23(10-11-26-18)12-13-6-8-14(9-7-13)19(20,21)22/h3-11,15H,12H2,1-2H3/b18-17+. The smallest absolute Gasteiger partial charge is 0.416 e. The number of halogens is 3. The lowest BCUT2D eigenvalue weighted by molar-refractivity contribution is -0.137. The van der Waals surface area contributed by atoms with Crippen molar-refractivity contribution < 1.29 is 27.4 Å². The van der Waals surface area contributed by atoms with Gasteiger partial charge in [-0.2, -0.15) is 13.2 Å². The van der Waals surface area contributed by atoms with Crippen molar-refractivity contribution in [2.75, 3.05) is 14.2 Å². The van der Waals surface area contributed by atoms with Crippen molar-refractivity contribution in [1.29, 1.82) is 0 Å². The number of hydrogen-bond acceptors (Lipinski definition) is 4. The second-order valence-corrected chi connectivity index (χ2v) is 5.72. The van der Waals surface area contributed by atoms with Gasteiger partial charge >= 0.3 is 6.18 Å². The van der Waals surface area contributed by atoms with Crippen molar-refractivity contribution in [3.8, 4) is 0 Å². The van der Waals surface area contributed by atoms with E-state index in [2.05, 4.69) is 0 Å². The molecule has 0 amide bonds. The lowest BCUT2D eigenvalue weighted by atomic mass is 10.0. The Morgan fingerprint density at radius 3 is 2.50 bits per heavy atom. The molecular formula is C19H18F3NO3. The molecule has 0 radical (unpaired) electrons. The summed E-state index contributed by atoms with van der Waals surface area (Å²) in [6.45, 7) is 0.352. The van der Waals surface area contributed by atoms with Crippen LogP contribution in [-0.4, -0.2) is 25.2 Å². The molecule has 2 aliphatic rings. The van der Waals surface area contributed by atoms with E-state index in [-0.39, 0.29) is 6.10 Å². The third kappa shape index (κ3) is 3.62. The summed E-state index contributed by atoms with van der Waals surface area (Å²) < 4.78 is 54.6. The Morgan fingerprint density at radius 1 is 1.15 bits per heavy atom. The number of allylic oxidation sites excluding steroid dienone is 2. The molecule has 4 nitrogen and oxygen atoms in total. The second kappa shape index (κ2) is 7.29. The van der Waals surface area contributed by atoms with Gasteiger partial charge in [-0.05, 0) is 23.8 Å². The molecule has 26 heavy (non-hydrogen) atoms. The maximum absolute atomic E-state index is 12.7. The van der Waals surface area contributed by atoms with Crippen molar-refractivity contribution in [3.63, 3.8) is 0 Å². The van der Waals surface area contributed by atoms with Crippen LogP contribution in [0.15, 0.2) is 72.2 Å². The fraction of sp³-hybridized carbons (Fsp3) is 0.263. The van der Waals surface area contributed by atoms with Gasteiger partial charge in [-0.1, -0.05) is 24.3 Å². The van der Waals surface area contributed by atoms with Gasteiger partial charge in [0.1, 0.15) is 18.1 Å². The fourth-order valence-corrected chi connectivity index (χ4v) is 2.81. The van der Waals surface area contributed by atoms with Crippen molar-refractivity contribution in [1.82, 2.24) is 4.90 Å². The average molecular weight is 365 g/mol. The van der Waals surface area contributed by atoms with Crippen LogP contribution < -0.4 is 0 Å². The highest BCUT2D eigenvalue weighted by Crippen LogP contribution is 2.33. The molecule has 1 atom stereocenters. The molecule has 7 heteroatoms. The van der Waals surface area contributed by atoms with E-state index in [1.54, 1.807) is 31.4 Å². The Labute approximate surface area is 149 Å². The summed E-state index contributed by atoms with van der Waals surface area (Å²) in [6.07, 6.45) is 4.04. The highest BCUT2D eigenvalue weighted by molar-refractivity contribution is 5.42. The zero-order valence-electron chi connectivity index (χ0n) is 14.3. The molecule has 1 aliphatic carbocycles. The molecule has 0 aromatic heterocycles. The van der Waals surface area contributed by atoms with Gasteiger partial charge in [-0.3, -0.25) is 0 Å². The molecule has 0 spiro atoms. The van der Waals surface area contributed by atoms with Gasteiger partial charge in [0.2, 0.25) is 5.88 Å². The quantitative estimate of drug-likeness (QED) is 0.795. The zero-order valence-corrected chi connectivity index (χ0v) is 14.3. The summed E-state index contributed by atoms with van der Waals surface area (Å²) in [5.41, 5.74) is 0.762. The Morgan fingerprint density at radius 2 is 1.88 bits per heavy atom. The summed E-state index contributed by atoms with van der Waals surface area (Å²) in [5.74, 6) is 1.13. The van der Waals surface area contributed by atoms with Gasteiger partial charge in [-0.25, -0.2) is 0 Å². The maximum Gasteiger partial charge on any atom is 0.416 e. The zero-order chi connectivity index (χ0) is 18.7. The molecule has 3 rings (SSSR count). The first kappa shape index (κ1) is 18.1. The number of methoxy groups -OCH3 is 2. The summed E-state index contributed by atoms with van der Waals surface area (Å²) >= 11 is 0. The van der Waals surface area contributed by atoms with E-state index in [0.717, 1.165) is 23.3 Å². The van der Waals surface area contributed by atoms with Crippen molar-refractivity contribution >= 4 is 0 Å². The summed E-state index contributed by atoms with van der Waals surface area (Å²) in [7, 11) is 3.14. The monoisotopic (exact) mass is 365 g/mol. The highest BCUT2D eigenvalue weighted by atomic mass is 19.4. The number of alkyl halides is 3. The SMILES string of the molecule is COC1=CC=CC(OC)/C1=C1\OC=CN1Cc1ccc(C(F)(F)F)cc1. The predicted octanol–water partition coefficient (Wildman–Crippen LogP) is 4.34. The maximum atomic E-state index is 12.7. The molecule has 138 valence electrons. The first-order valence-corrected chi connectivity index (χ1v) is 7.90. The van der Waals surface area contributed by atoms with Crippen LogP contribution in [0.3, 0.4) is 0 Å². The van der Waals surface area contributed by atoms with E-state index in [1.807, 2.05) is 12.2 Å². The van der Waals surface area contributed by atoms with E-state index < -0.39 is 11.7 Å². The van der Waals surface area contributed by atoms with Crippen molar-refractivity contribution in [3.05, 3.63) is 83.3 Å². The number of nitrogens with zero attached hydrogens (tertiary/aromatic N) is 1. The normalized spacial score (nSPS) is 22.4. The topological polar surface area (TPSA) is 30.9 Å². The fourth-order valence-electron chi connectivity index (χ4n) is 2.81. The molecule has 1 heterocycles. The van der Waals surface area contributed by atoms with E-state index in [1.165, 1.54) is 18.4 Å². The number of ether oxygens (including phenoxy) is 3. The van der Waals surface area contributed by atoms with Crippen LogP contribution >= 0.6 is 0 Å². The van der Waals surface area contributed by atoms with E-state index in [0.29, 0.717) is 18.2 Å². The lowest BCUT2D eigenvalue weighted by Crippen LogP contribution is -2.24. The molecule has 0 bridgehead atoms. The molecule has 0 fully saturated rings. The van der Waals surface area contributed by atoms with Gasteiger partial charge in [-0.15, -0.1) is 0 Å². The van der Waals surface area contributed by atoms with Crippen LogP contribution in [0.2, 0.25) is 0 Å². The molecule has 0 N–H and O–H groups in total. The van der Waals surface area contributed by atoms with E-state index in [9.17, 15) is 13.2 Å². The molecule has 0 saturated heterocycles. The largest absolute Gasteiger partial charge is 0.496 e. The number of hydrogen-bond donors (Lipinski definition) is 0. The summed E-state index contributed by atoms with van der Waals surface area (Å²) in [4.78, 5) is 1.80. The molecule has 1 aromatic carbocycles. The predicted molar refractivity (Wildman–Crippen MR) is 89.3 cm³/mol. The van der Waals surface area contributed by atoms with Crippen LogP contribution in [-0.2, 0) is 26.9 Å². The molecular weight excluding hydrogens is 347 g/mol. The lowest BCUT2D eigenvalue weighted by Gasteiger charge is -2.26. The van der Waals surface area contributed by atoms with Crippen LogP contribution in [0.1, 0.15) is 11.1 Å². The van der Waals surface area contributed by atoms with Gasteiger partial charge < -0.3 is 19.1 Å². The second-order valence-electron chi connectivity index (χ2n) is 5.72. The minimum Gasteiger partial charge on any atom is -0.496 e. The highest BCUT2D eigenvalue weighted by Gasteiger charge is 2.31. The third-order valence-electron chi connectivity index (χ3n) is 4.10. The van der Waals surface area contributed by atoms with Crippen LogP contribution in [0.5, 0.6) is 0 Å². The Hall–Kier alpha value is -2.67. The Kier molecular flexibility index (Phi) is 5.08. The van der Waals surface area contributed by atoms with E-state index in [4.69, 9.17) is 14.2 Å². The van der Waals surface area contributed by atoms with Crippen LogP contribution in [0.4, 0.5) is 13.2 Å². The summed E-state index contributed by atoms with van der Waals surface area (Å²) in [6, 6.07) is 5.06. The first-order chi connectivity index (χ1) is 12.4. The minimum absolute atomic E-state index is 0.347. The molecule has 1 unspecified atom stereocenters. The Balaban J connectivity index is 1.87. The van der Waals surface area contributed by atoms with Gasteiger partial charge in [0, 0.05) is 13.3 Å². The number of rotatable bonds is 4. The minimum atomic E-state index is -4.35. The van der Waals surface area contributed by atoms with E-state index >= 15 is 0 Å². The van der Waals surface area contributed by atoms with Crippen LogP contribution in [0, 0.1) is 0 Å². The molecule has 1 aromatic rings. The molecule has 1 aliphatic heterocycles. The average Bonchev–Trinajstić information content (AvgIpc) is 3.08. The van der Waals surface area contributed by atoms with Gasteiger partial charge in [0.25, 0.3) is 0 Å². The molecule has 0 saturated carbocycles. The van der Waals surface area contributed by atoms with Crippen LogP contribution in [0.25, 0.3) is 0 Å². The number of benzene rings is 1. The van der Waals surface area contributed by atoms with Gasteiger partial charge in [0.05, 0.1) is 24.8 Å². The van der Waals surface area contributed by atoms with Gasteiger partial charge in [0.15, 0.2) is 0 Å². The third-order valence-corrected chi connectivity index (χ3v) is 4.10. The van der Waals surface area contributed by atoms with Crippen molar-refractivity contribution in [2.45, 2.75) is 18.8 Å². The first-order valence-electron chi connectivity index (χ1n) is 7.90. The summed E-state index contributed by atoms with van der Waals surface area (Å²) in [5, 5.41) is 0. The Bertz CT molecular complexity index is 776.